The first-order valence-electron chi connectivity index (χ1n) is 7.44. The summed E-state index contributed by atoms with van der Waals surface area (Å²) in [4.78, 5) is 12.0. The van der Waals surface area contributed by atoms with E-state index in [0.29, 0.717) is 11.7 Å². The predicted octanol–water partition coefficient (Wildman–Crippen LogP) is 2.97. The molecule has 132 valence electrons. The number of halogens is 3. The Morgan fingerprint density at radius 2 is 2.12 bits per heavy atom. The van der Waals surface area contributed by atoms with Crippen molar-refractivity contribution in [1.29, 1.82) is 0 Å². The molecule has 1 amide bonds. The highest BCUT2D eigenvalue weighted by molar-refractivity contribution is 5.81. The van der Waals surface area contributed by atoms with Gasteiger partial charge in [-0.1, -0.05) is 26.0 Å². The van der Waals surface area contributed by atoms with Crippen LogP contribution in [0.4, 0.5) is 13.2 Å². The highest BCUT2D eigenvalue weighted by atomic mass is 19.4. The van der Waals surface area contributed by atoms with E-state index >= 15 is 0 Å². The van der Waals surface area contributed by atoms with Crippen LogP contribution in [0.15, 0.2) is 23.3 Å². The van der Waals surface area contributed by atoms with Gasteiger partial charge in [0.25, 0.3) is 11.6 Å². The van der Waals surface area contributed by atoms with Crippen LogP contribution in [-0.2, 0) is 4.79 Å². The molecule has 2 rings (SSSR count). The predicted molar refractivity (Wildman–Crippen MR) is 81.7 cm³/mol. The topological polar surface area (TPSA) is 62.1 Å². The summed E-state index contributed by atoms with van der Waals surface area (Å²) >= 11 is 0. The number of hydrogen-bond donors (Lipinski definition) is 1. The molecule has 0 unspecified atom stereocenters. The van der Waals surface area contributed by atoms with Crippen LogP contribution in [0.2, 0.25) is 0 Å². The molecule has 1 aromatic rings. The van der Waals surface area contributed by atoms with Crippen molar-refractivity contribution in [1.82, 2.24) is 5.01 Å². The fraction of sp³-hybridized carbons (Fsp3) is 0.500. The maximum Gasteiger partial charge on any atom is 0.438 e. The highest BCUT2D eigenvalue weighted by Gasteiger charge is 2.61. The minimum atomic E-state index is -5.01. The van der Waals surface area contributed by atoms with E-state index < -0.39 is 30.8 Å². The molecule has 0 fully saturated rings. The van der Waals surface area contributed by atoms with E-state index in [1.165, 1.54) is 0 Å². The summed E-state index contributed by atoms with van der Waals surface area (Å²) in [5, 5.41) is 13.1. The lowest BCUT2D eigenvalue weighted by atomic mass is 10.0. The largest absolute Gasteiger partial charge is 0.483 e. The van der Waals surface area contributed by atoms with Crippen molar-refractivity contribution in [3.63, 3.8) is 0 Å². The van der Waals surface area contributed by atoms with Gasteiger partial charge in [-0.25, -0.2) is 0 Å². The summed E-state index contributed by atoms with van der Waals surface area (Å²) in [5.74, 6) is -0.359. The lowest BCUT2D eigenvalue weighted by molar-refractivity contribution is -0.302. The third-order valence-corrected chi connectivity index (χ3v) is 3.83. The number of nitrogens with zero attached hydrogens (tertiary/aromatic N) is 2. The molecule has 0 spiro atoms. The first kappa shape index (κ1) is 18.3. The van der Waals surface area contributed by atoms with Gasteiger partial charge in [0.1, 0.15) is 5.75 Å². The van der Waals surface area contributed by atoms with Crippen LogP contribution in [0.3, 0.4) is 0 Å². The summed E-state index contributed by atoms with van der Waals surface area (Å²) in [5.41, 5.74) is -1.46. The number of carbonyl (C=O) groups is 1. The zero-order valence-electron chi connectivity index (χ0n) is 13.6. The lowest BCUT2D eigenvalue weighted by Crippen LogP contribution is -2.57. The van der Waals surface area contributed by atoms with Gasteiger partial charge >= 0.3 is 6.18 Å². The number of hydrazone groups is 1. The molecular weight excluding hydrogens is 325 g/mol. The molecule has 0 saturated heterocycles. The third-order valence-electron chi connectivity index (χ3n) is 3.83. The van der Waals surface area contributed by atoms with Gasteiger partial charge in [0.15, 0.2) is 6.61 Å². The zero-order valence-corrected chi connectivity index (χ0v) is 13.6. The van der Waals surface area contributed by atoms with Crippen LogP contribution in [0, 0.1) is 6.92 Å². The molecule has 1 aromatic carbocycles. The number of benzene rings is 1. The summed E-state index contributed by atoms with van der Waals surface area (Å²) in [6, 6.07) is 5.39. The number of aryl methyl sites for hydroxylation is 1. The second kappa shape index (κ2) is 6.43. The van der Waals surface area contributed by atoms with Crippen molar-refractivity contribution in [2.45, 2.75) is 45.0 Å². The van der Waals surface area contributed by atoms with Crippen molar-refractivity contribution in [2.75, 3.05) is 6.61 Å². The van der Waals surface area contributed by atoms with Crippen LogP contribution in [0.5, 0.6) is 5.75 Å². The minimum absolute atomic E-state index is 0.0326. The molecule has 0 radical (unpaired) electrons. The number of amides is 1. The van der Waals surface area contributed by atoms with Crippen LogP contribution < -0.4 is 4.74 Å². The highest BCUT2D eigenvalue weighted by Crippen LogP contribution is 2.38. The van der Waals surface area contributed by atoms with Crippen LogP contribution in [0.25, 0.3) is 0 Å². The Hall–Kier alpha value is -2.09. The first-order chi connectivity index (χ1) is 11.1. The number of alkyl halides is 3. The Balaban J connectivity index is 2.07. The average Bonchev–Trinajstić information content (AvgIpc) is 2.88. The monoisotopic (exact) mass is 344 g/mol. The van der Waals surface area contributed by atoms with Crippen molar-refractivity contribution in [2.24, 2.45) is 5.10 Å². The Kier molecular flexibility index (Phi) is 4.89. The standard InChI is InChI=1S/C16H19F3N2O3/c1-10(2)12-4-5-13(11(3)8-12)24-9-14(22)21-15(23,6-7-20-21)16(17,18)19/h4-5,7-8,10,23H,6,9H2,1-3H3/t15-/m0/s1. The number of hydrogen-bond acceptors (Lipinski definition) is 4. The van der Waals surface area contributed by atoms with Gasteiger partial charge in [-0.15, -0.1) is 0 Å². The Morgan fingerprint density at radius 3 is 2.67 bits per heavy atom. The second-order valence-corrected chi connectivity index (χ2v) is 5.99. The van der Waals surface area contributed by atoms with Gasteiger partial charge < -0.3 is 9.84 Å². The molecular formula is C16H19F3N2O3. The molecule has 0 saturated carbocycles. The number of carbonyl (C=O) groups excluding carboxylic acids is 1. The van der Waals surface area contributed by atoms with E-state index in [-0.39, 0.29) is 5.01 Å². The molecule has 1 aliphatic heterocycles. The third kappa shape index (κ3) is 3.38. The maximum absolute atomic E-state index is 12.9. The number of ether oxygens (including phenoxy) is 1. The van der Waals surface area contributed by atoms with Gasteiger partial charge in [-0.2, -0.15) is 23.3 Å². The molecule has 1 aliphatic rings. The van der Waals surface area contributed by atoms with Crippen molar-refractivity contribution >= 4 is 12.1 Å². The zero-order chi connectivity index (χ0) is 18.1. The van der Waals surface area contributed by atoms with Gasteiger partial charge in [-0.05, 0) is 30.0 Å². The molecule has 24 heavy (non-hydrogen) atoms. The van der Waals surface area contributed by atoms with Crippen molar-refractivity contribution in [3.05, 3.63) is 29.3 Å². The smallest absolute Gasteiger partial charge is 0.438 e. The summed E-state index contributed by atoms with van der Waals surface area (Å²) < 4.78 is 44.1. The molecule has 0 aliphatic carbocycles. The van der Waals surface area contributed by atoms with Crippen molar-refractivity contribution in [3.8, 4) is 5.75 Å². The summed E-state index contributed by atoms with van der Waals surface area (Å²) in [6.07, 6.45) is -4.95. The molecule has 1 heterocycles. The molecule has 1 N–H and O–H groups in total. The molecule has 1 atom stereocenters. The van der Waals surface area contributed by atoms with Gasteiger partial charge in [-0.3, -0.25) is 4.79 Å². The quantitative estimate of drug-likeness (QED) is 0.913. The Morgan fingerprint density at radius 1 is 1.46 bits per heavy atom. The summed E-state index contributed by atoms with van der Waals surface area (Å²) in [6.45, 7) is 5.19. The number of aliphatic hydroxyl groups is 1. The Bertz CT molecular complexity index is 658. The van der Waals surface area contributed by atoms with Crippen molar-refractivity contribution < 1.29 is 27.8 Å². The molecule has 5 nitrogen and oxygen atoms in total. The van der Waals surface area contributed by atoms with Crippen LogP contribution in [0.1, 0.15) is 37.3 Å². The van der Waals surface area contributed by atoms with E-state index in [9.17, 15) is 23.1 Å². The number of rotatable bonds is 4. The Labute approximate surface area is 137 Å². The summed E-state index contributed by atoms with van der Waals surface area (Å²) in [7, 11) is 0. The fourth-order valence-electron chi connectivity index (χ4n) is 2.33. The second-order valence-electron chi connectivity index (χ2n) is 5.99. The average molecular weight is 344 g/mol. The molecule has 8 heteroatoms. The minimum Gasteiger partial charge on any atom is -0.483 e. The van der Waals surface area contributed by atoms with E-state index in [1.807, 2.05) is 26.0 Å². The SMILES string of the molecule is Cc1cc(C(C)C)ccc1OCC(=O)N1N=CC[C@]1(O)C(F)(F)F. The van der Waals surface area contributed by atoms with Gasteiger partial charge in [0.2, 0.25) is 0 Å². The van der Waals surface area contributed by atoms with Crippen LogP contribution in [-0.4, -0.2) is 40.7 Å². The normalized spacial score (nSPS) is 20.8. The van der Waals surface area contributed by atoms with Crippen LogP contribution >= 0.6 is 0 Å². The van der Waals surface area contributed by atoms with Gasteiger partial charge in [0, 0.05) is 12.6 Å². The first-order valence-corrected chi connectivity index (χ1v) is 7.44. The van der Waals surface area contributed by atoms with E-state index in [1.54, 1.807) is 13.0 Å². The molecule has 0 aromatic heterocycles. The van der Waals surface area contributed by atoms with E-state index in [0.717, 1.165) is 17.3 Å². The van der Waals surface area contributed by atoms with E-state index in [4.69, 9.17) is 4.74 Å². The van der Waals surface area contributed by atoms with E-state index in [2.05, 4.69) is 5.10 Å². The molecule has 0 bridgehead atoms. The van der Waals surface area contributed by atoms with Gasteiger partial charge in [0.05, 0.1) is 0 Å². The fourth-order valence-corrected chi connectivity index (χ4v) is 2.33. The lowest BCUT2D eigenvalue weighted by Gasteiger charge is -2.32. The maximum atomic E-state index is 12.9.